The van der Waals surface area contributed by atoms with Gasteiger partial charge in [-0.1, -0.05) is 19.3 Å². The molecule has 2 bridgehead atoms. The monoisotopic (exact) mass is 208 g/mol. The van der Waals surface area contributed by atoms with Crippen LogP contribution in [0.4, 0.5) is 0 Å². The zero-order valence-electron chi connectivity index (χ0n) is 9.75. The van der Waals surface area contributed by atoms with Gasteiger partial charge in [0.1, 0.15) is 0 Å². The van der Waals surface area contributed by atoms with Crippen LogP contribution in [0, 0.1) is 0 Å². The topological polar surface area (TPSA) is 15.3 Å². The highest BCUT2D eigenvalue weighted by Gasteiger charge is 2.32. The van der Waals surface area contributed by atoms with Crippen molar-refractivity contribution >= 4 is 0 Å². The SMILES string of the molecule is C1CCC(N2CCC3CCC(C2)N3)CC1. The lowest BCUT2D eigenvalue weighted by atomic mass is 9.93. The second-order valence-electron chi connectivity index (χ2n) is 5.71. The molecule has 2 atom stereocenters. The van der Waals surface area contributed by atoms with Gasteiger partial charge in [0, 0.05) is 24.7 Å². The van der Waals surface area contributed by atoms with Gasteiger partial charge in [0.15, 0.2) is 0 Å². The zero-order valence-corrected chi connectivity index (χ0v) is 9.75. The molecule has 3 fully saturated rings. The molecule has 15 heavy (non-hydrogen) atoms. The molecule has 1 N–H and O–H groups in total. The first-order valence-corrected chi connectivity index (χ1v) is 6.92. The highest BCUT2D eigenvalue weighted by atomic mass is 15.2. The van der Waals surface area contributed by atoms with E-state index in [4.69, 9.17) is 0 Å². The van der Waals surface area contributed by atoms with E-state index in [1.54, 1.807) is 0 Å². The van der Waals surface area contributed by atoms with Crippen molar-refractivity contribution < 1.29 is 0 Å². The molecule has 86 valence electrons. The fourth-order valence-corrected chi connectivity index (χ4v) is 3.75. The Bertz CT molecular complexity index is 211. The largest absolute Gasteiger partial charge is 0.310 e. The minimum Gasteiger partial charge on any atom is -0.310 e. The van der Waals surface area contributed by atoms with E-state index in [0.29, 0.717) is 0 Å². The predicted octanol–water partition coefficient (Wildman–Crippen LogP) is 2.15. The Hall–Kier alpha value is -0.0800. The molecule has 2 heterocycles. The number of rotatable bonds is 1. The maximum Gasteiger partial charge on any atom is 0.0198 e. The van der Waals surface area contributed by atoms with Crippen molar-refractivity contribution in [3.8, 4) is 0 Å². The molecule has 2 aliphatic heterocycles. The number of nitrogens with one attached hydrogen (secondary N) is 1. The third-order valence-corrected chi connectivity index (χ3v) is 4.65. The van der Waals surface area contributed by atoms with Gasteiger partial charge in [-0.15, -0.1) is 0 Å². The first kappa shape index (κ1) is 10.1. The van der Waals surface area contributed by atoms with E-state index in [-0.39, 0.29) is 0 Å². The van der Waals surface area contributed by atoms with Crippen molar-refractivity contribution in [2.45, 2.75) is 69.5 Å². The number of likely N-dealkylation sites (tertiary alicyclic amines) is 1. The van der Waals surface area contributed by atoms with Gasteiger partial charge in [-0.2, -0.15) is 0 Å². The van der Waals surface area contributed by atoms with Crippen LogP contribution in [0.3, 0.4) is 0 Å². The lowest BCUT2D eigenvalue weighted by Gasteiger charge is -2.35. The third-order valence-electron chi connectivity index (χ3n) is 4.65. The van der Waals surface area contributed by atoms with E-state index < -0.39 is 0 Å². The fraction of sp³-hybridized carbons (Fsp3) is 1.00. The number of hydrogen-bond donors (Lipinski definition) is 1. The van der Waals surface area contributed by atoms with Gasteiger partial charge >= 0.3 is 0 Å². The summed E-state index contributed by atoms with van der Waals surface area (Å²) in [6.07, 6.45) is 11.6. The Morgan fingerprint density at radius 1 is 0.800 bits per heavy atom. The summed E-state index contributed by atoms with van der Waals surface area (Å²) in [6, 6.07) is 2.60. The molecule has 3 rings (SSSR count). The van der Waals surface area contributed by atoms with Crippen LogP contribution in [0.15, 0.2) is 0 Å². The maximum atomic E-state index is 3.78. The molecule has 0 aromatic rings. The molecular formula is C13H24N2. The molecule has 0 aromatic heterocycles. The summed E-state index contributed by atoms with van der Waals surface area (Å²) in [6.45, 7) is 2.69. The molecule has 2 saturated heterocycles. The van der Waals surface area contributed by atoms with Gasteiger partial charge in [0.2, 0.25) is 0 Å². The highest BCUT2D eigenvalue weighted by molar-refractivity contribution is 4.91. The first-order chi connectivity index (χ1) is 7.42. The number of fused-ring (bicyclic) bond motifs is 2. The van der Waals surface area contributed by atoms with Gasteiger partial charge in [-0.3, -0.25) is 4.90 Å². The Morgan fingerprint density at radius 3 is 2.47 bits per heavy atom. The number of nitrogens with zero attached hydrogens (tertiary/aromatic N) is 1. The van der Waals surface area contributed by atoms with Gasteiger partial charge < -0.3 is 5.32 Å². The minimum absolute atomic E-state index is 0.819. The molecule has 1 aliphatic carbocycles. The lowest BCUT2D eigenvalue weighted by molar-refractivity contribution is 0.149. The molecular weight excluding hydrogens is 184 g/mol. The quantitative estimate of drug-likeness (QED) is 0.710. The molecule has 0 radical (unpaired) electrons. The molecule has 3 aliphatic rings. The van der Waals surface area contributed by atoms with Crippen LogP contribution in [0.2, 0.25) is 0 Å². The summed E-state index contributed by atoms with van der Waals surface area (Å²) in [5.74, 6) is 0. The minimum atomic E-state index is 0.819. The van der Waals surface area contributed by atoms with Crippen molar-refractivity contribution in [2.24, 2.45) is 0 Å². The smallest absolute Gasteiger partial charge is 0.0198 e. The van der Waals surface area contributed by atoms with E-state index >= 15 is 0 Å². The summed E-state index contributed by atoms with van der Waals surface area (Å²) >= 11 is 0. The van der Waals surface area contributed by atoms with Crippen molar-refractivity contribution in [3.63, 3.8) is 0 Å². The average molecular weight is 208 g/mol. The lowest BCUT2D eigenvalue weighted by Crippen LogP contribution is -2.42. The summed E-state index contributed by atoms with van der Waals surface area (Å²) in [5, 5.41) is 3.78. The maximum absolute atomic E-state index is 3.78. The van der Waals surface area contributed by atoms with Crippen LogP contribution in [0.5, 0.6) is 0 Å². The van der Waals surface area contributed by atoms with E-state index in [9.17, 15) is 0 Å². The molecule has 2 nitrogen and oxygen atoms in total. The molecule has 0 aromatic carbocycles. The van der Waals surface area contributed by atoms with Crippen LogP contribution < -0.4 is 5.32 Å². The standard InChI is InChI=1S/C13H24N2/c1-2-4-13(5-3-1)15-9-8-11-6-7-12(10-15)14-11/h11-14H,1-10H2. The van der Waals surface area contributed by atoms with Gasteiger partial charge in [0.25, 0.3) is 0 Å². The summed E-state index contributed by atoms with van der Waals surface area (Å²) in [4.78, 5) is 2.80. The Kier molecular flexibility index (Phi) is 2.98. The molecule has 1 saturated carbocycles. The fourth-order valence-electron chi connectivity index (χ4n) is 3.75. The molecule has 2 unspecified atom stereocenters. The second-order valence-corrected chi connectivity index (χ2v) is 5.71. The first-order valence-electron chi connectivity index (χ1n) is 6.92. The Labute approximate surface area is 93.4 Å². The molecule has 0 spiro atoms. The van der Waals surface area contributed by atoms with Crippen LogP contribution in [0.25, 0.3) is 0 Å². The normalized spacial score (nSPS) is 39.2. The zero-order chi connectivity index (χ0) is 10.1. The Balaban J connectivity index is 1.60. The van der Waals surface area contributed by atoms with Crippen LogP contribution >= 0.6 is 0 Å². The van der Waals surface area contributed by atoms with Crippen molar-refractivity contribution in [3.05, 3.63) is 0 Å². The molecule has 0 amide bonds. The molecule has 2 heteroatoms. The Morgan fingerprint density at radius 2 is 1.60 bits per heavy atom. The van der Waals surface area contributed by atoms with Gasteiger partial charge in [0.05, 0.1) is 0 Å². The van der Waals surface area contributed by atoms with E-state index in [1.807, 2.05) is 0 Å². The van der Waals surface area contributed by atoms with Gasteiger partial charge in [-0.05, 0) is 38.6 Å². The van der Waals surface area contributed by atoms with Gasteiger partial charge in [-0.25, -0.2) is 0 Å². The summed E-state index contributed by atoms with van der Waals surface area (Å²) in [5.41, 5.74) is 0. The summed E-state index contributed by atoms with van der Waals surface area (Å²) in [7, 11) is 0. The second kappa shape index (κ2) is 4.42. The predicted molar refractivity (Wildman–Crippen MR) is 63.0 cm³/mol. The number of hydrogen-bond acceptors (Lipinski definition) is 2. The van der Waals surface area contributed by atoms with E-state index in [2.05, 4.69) is 10.2 Å². The highest BCUT2D eigenvalue weighted by Crippen LogP contribution is 2.27. The van der Waals surface area contributed by atoms with E-state index in [0.717, 1.165) is 18.1 Å². The third kappa shape index (κ3) is 2.21. The summed E-state index contributed by atoms with van der Waals surface area (Å²) < 4.78 is 0. The van der Waals surface area contributed by atoms with E-state index in [1.165, 1.54) is 64.5 Å². The van der Waals surface area contributed by atoms with Crippen LogP contribution in [0.1, 0.15) is 51.4 Å². The van der Waals surface area contributed by atoms with Crippen LogP contribution in [-0.4, -0.2) is 36.1 Å². The van der Waals surface area contributed by atoms with Crippen molar-refractivity contribution in [2.75, 3.05) is 13.1 Å². The van der Waals surface area contributed by atoms with Crippen LogP contribution in [-0.2, 0) is 0 Å². The van der Waals surface area contributed by atoms with Crippen molar-refractivity contribution in [1.29, 1.82) is 0 Å². The van der Waals surface area contributed by atoms with Crippen molar-refractivity contribution in [1.82, 2.24) is 10.2 Å². The average Bonchev–Trinajstić information content (AvgIpc) is 2.60.